The van der Waals surface area contributed by atoms with Crippen molar-refractivity contribution in [2.24, 2.45) is 0 Å². The van der Waals surface area contributed by atoms with E-state index >= 15 is 0 Å². The quantitative estimate of drug-likeness (QED) is 0.358. The molecular formula is C18H15ClN2O3S2. The van der Waals surface area contributed by atoms with E-state index in [2.05, 4.69) is 11.6 Å². The summed E-state index contributed by atoms with van der Waals surface area (Å²) < 4.78 is 13.5. The number of rotatable bonds is 5. The van der Waals surface area contributed by atoms with Gasteiger partial charge in [0.1, 0.15) is 17.9 Å². The molecule has 5 nitrogen and oxygen atoms in total. The first-order valence-electron chi connectivity index (χ1n) is 7.97. The normalized spacial score (nSPS) is 13.1. The second-order valence-electron chi connectivity index (χ2n) is 5.62. The maximum absolute atomic E-state index is 12.7. The fourth-order valence-corrected chi connectivity index (χ4v) is 4.72. The van der Waals surface area contributed by atoms with Crippen LogP contribution in [-0.2, 0) is 12.3 Å². The van der Waals surface area contributed by atoms with Crippen molar-refractivity contribution in [1.82, 2.24) is 9.55 Å². The smallest absolute Gasteiger partial charge is 0.272 e. The van der Waals surface area contributed by atoms with E-state index in [0.29, 0.717) is 51.9 Å². The molecule has 4 rings (SSSR count). The third-order valence-corrected chi connectivity index (χ3v) is 6.09. The van der Waals surface area contributed by atoms with E-state index in [9.17, 15) is 4.79 Å². The van der Waals surface area contributed by atoms with Gasteiger partial charge in [-0.25, -0.2) is 4.98 Å². The zero-order valence-corrected chi connectivity index (χ0v) is 16.1. The Morgan fingerprint density at radius 2 is 2.23 bits per heavy atom. The minimum Gasteiger partial charge on any atom is -0.486 e. The highest BCUT2D eigenvalue weighted by atomic mass is 35.5. The third-order valence-electron chi connectivity index (χ3n) is 3.87. The summed E-state index contributed by atoms with van der Waals surface area (Å²) in [6, 6.07) is 5.65. The maximum atomic E-state index is 12.7. The van der Waals surface area contributed by atoms with Gasteiger partial charge in [-0.05, 0) is 29.1 Å². The van der Waals surface area contributed by atoms with Crippen LogP contribution < -0.4 is 15.0 Å². The number of benzene rings is 1. The van der Waals surface area contributed by atoms with Crippen LogP contribution in [0.1, 0.15) is 5.56 Å². The lowest BCUT2D eigenvalue weighted by atomic mass is 10.2. The summed E-state index contributed by atoms with van der Waals surface area (Å²) in [4.78, 5) is 17.3. The number of aromatic nitrogens is 2. The van der Waals surface area contributed by atoms with Gasteiger partial charge in [0.15, 0.2) is 16.7 Å². The molecule has 134 valence electrons. The van der Waals surface area contributed by atoms with E-state index in [4.69, 9.17) is 21.1 Å². The van der Waals surface area contributed by atoms with E-state index in [-0.39, 0.29) is 5.56 Å². The lowest BCUT2D eigenvalue weighted by molar-refractivity contribution is 0.171. The van der Waals surface area contributed by atoms with Crippen molar-refractivity contribution < 1.29 is 9.47 Å². The molecule has 0 spiro atoms. The Balaban J connectivity index is 1.65. The minimum absolute atomic E-state index is 0.0346. The molecule has 1 aliphatic rings. The predicted molar refractivity (Wildman–Crippen MR) is 106 cm³/mol. The van der Waals surface area contributed by atoms with Gasteiger partial charge in [-0.15, -0.1) is 17.9 Å². The van der Waals surface area contributed by atoms with Crippen molar-refractivity contribution in [3.8, 4) is 11.5 Å². The fraction of sp³-hybridized carbons (Fsp3) is 0.222. The van der Waals surface area contributed by atoms with Crippen molar-refractivity contribution in [1.29, 1.82) is 0 Å². The van der Waals surface area contributed by atoms with Crippen LogP contribution in [0.3, 0.4) is 0 Å². The van der Waals surface area contributed by atoms with Crippen LogP contribution in [-0.4, -0.2) is 22.8 Å². The number of allylic oxidation sites excluding steroid dienone is 1. The van der Waals surface area contributed by atoms with Crippen molar-refractivity contribution >= 4 is 44.9 Å². The van der Waals surface area contributed by atoms with Crippen LogP contribution in [0.4, 0.5) is 0 Å². The summed E-state index contributed by atoms with van der Waals surface area (Å²) in [5, 5.41) is 3.07. The van der Waals surface area contributed by atoms with Crippen molar-refractivity contribution in [3.63, 3.8) is 0 Å². The standard InChI is InChI=1S/C18H15ClN2O3S2/c1-2-4-21-17(22)16-13(3-7-25-16)20-18(21)26-10-11-8-12(19)15-14(9-11)23-5-6-24-15/h2-3,7-9H,1,4-6,10H2. The molecule has 0 aliphatic carbocycles. The van der Waals surface area contributed by atoms with E-state index in [1.54, 1.807) is 10.6 Å². The average Bonchev–Trinajstić information content (AvgIpc) is 3.11. The molecule has 2 aromatic heterocycles. The van der Waals surface area contributed by atoms with Gasteiger partial charge in [-0.2, -0.15) is 0 Å². The van der Waals surface area contributed by atoms with Crippen LogP contribution in [0.5, 0.6) is 11.5 Å². The number of thiophene rings is 1. The Kier molecular flexibility index (Phi) is 4.93. The van der Waals surface area contributed by atoms with E-state index in [0.717, 1.165) is 11.1 Å². The number of nitrogens with zero attached hydrogens (tertiary/aromatic N) is 2. The Morgan fingerprint density at radius 3 is 3.08 bits per heavy atom. The van der Waals surface area contributed by atoms with Gasteiger partial charge in [0, 0.05) is 12.3 Å². The fourth-order valence-electron chi connectivity index (χ4n) is 2.72. The first kappa shape index (κ1) is 17.5. The van der Waals surface area contributed by atoms with E-state index in [1.165, 1.54) is 23.1 Å². The van der Waals surface area contributed by atoms with Crippen LogP contribution in [0, 0.1) is 0 Å². The number of ether oxygens (including phenoxy) is 2. The highest BCUT2D eigenvalue weighted by Gasteiger charge is 2.17. The van der Waals surface area contributed by atoms with E-state index < -0.39 is 0 Å². The predicted octanol–water partition coefficient (Wildman–Crippen LogP) is 4.36. The molecule has 0 atom stereocenters. The summed E-state index contributed by atoms with van der Waals surface area (Å²) in [6.45, 7) is 5.17. The van der Waals surface area contributed by atoms with Crippen LogP contribution in [0.15, 0.2) is 46.2 Å². The Hall–Kier alpha value is -1.96. The Morgan fingerprint density at radius 1 is 1.38 bits per heavy atom. The summed E-state index contributed by atoms with van der Waals surface area (Å²) in [6.07, 6.45) is 1.70. The summed E-state index contributed by atoms with van der Waals surface area (Å²) in [7, 11) is 0. The largest absolute Gasteiger partial charge is 0.486 e. The van der Waals surface area contributed by atoms with Gasteiger partial charge in [0.2, 0.25) is 0 Å². The number of hydrogen-bond acceptors (Lipinski definition) is 6. The van der Waals surface area contributed by atoms with E-state index in [1.807, 2.05) is 23.6 Å². The van der Waals surface area contributed by atoms with Gasteiger partial charge in [-0.1, -0.05) is 29.4 Å². The first-order valence-corrected chi connectivity index (χ1v) is 10.2. The van der Waals surface area contributed by atoms with Gasteiger partial charge >= 0.3 is 0 Å². The molecule has 1 aliphatic heterocycles. The molecule has 0 radical (unpaired) electrons. The molecule has 8 heteroatoms. The lowest BCUT2D eigenvalue weighted by Gasteiger charge is -2.20. The Bertz CT molecular complexity index is 1040. The van der Waals surface area contributed by atoms with Crippen LogP contribution in [0.2, 0.25) is 5.02 Å². The molecular weight excluding hydrogens is 392 g/mol. The molecule has 0 fully saturated rings. The van der Waals surface area contributed by atoms with Gasteiger partial charge < -0.3 is 9.47 Å². The van der Waals surface area contributed by atoms with Crippen LogP contribution >= 0.6 is 34.7 Å². The number of fused-ring (bicyclic) bond motifs is 2. The number of halogens is 1. The average molecular weight is 407 g/mol. The second-order valence-corrected chi connectivity index (χ2v) is 7.89. The SMILES string of the molecule is C=CCn1c(SCc2cc(Cl)c3c(c2)OCCO3)nc2ccsc2c1=O. The molecule has 26 heavy (non-hydrogen) atoms. The molecule has 3 heterocycles. The number of thioether (sulfide) groups is 1. The van der Waals surface area contributed by atoms with Crippen LogP contribution in [0.25, 0.3) is 10.2 Å². The lowest BCUT2D eigenvalue weighted by Crippen LogP contribution is -2.21. The molecule has 0 bridgehead atoms. The van der Waals surface area contributed by atoms with Crippen molar-refractivity contribution in [2.45, 2.75) is 17.5 Å². The van der Waals surface area contributed by atoms with Gasteiger partial charge in [-0.3, -0.25) is 9.36 Å². The molecule has 0 amide bonds. The molecule has 0 unspecified atom stereocenters. The Labute approximate surface area is 163 Å². The maximum Gasteiger partial charge on any atom is 0.272 e. The highest BCUT2D eigenvalue weighted by Crippen LogP contribution is 2.39. The highest BCUT2D eigenvalue weighted by molar-refractivity contribution is 7.98. The summed E-state index contributed by atoms with van der Waals surface area (Å²) >= 11 is 9.19. The second kappa shape index (κ2) is 7.34. The molecule has 0 saturated heterocycles. The molecule has 0 saturated carbocycles. The topological polar surface area (TPSA) is 53.4 Å². The summed E-state index contributed by atoms with van der Waals surface area (Å²) in [5.41, 5.74) is 1.67. The van der Waals surface area contributed by atoms with Crippen molar-refractivity contribution in [3.05, 3.63) is 57.2 Å². The van der Waals surface area contributed by atoms with Gasteiger partial charge in [0.25, 0.3) is 5.56 Å². The molecule has 3 aromatic rings. The monoisotopic (exact) mass is 406 g/mol. The summed E-state index contributed by atoms with van der Waals surface area (Å²) in [5.74, 6) is 1.85. The number of hydrogen-bond donors (Lipinski definition) is 0. The van der Waals surface area contributed by atoms with Crippen molar-refractivity contribution in [2.75, 3.05) is 13.2 Å². The zero-order valence-electron chi connectivity index (χ0n) is 13.7. The molecule has 1 aromatic carbocycles. The minimum atomic E-state index is -0.0346. The third kappa shape index (κ3) is 3.22. The van der Waals surface area contributed by atoms with Gasteiger partial charge in [0.05, 0.1) is 10.5 Å². The molecule has 0 N–H and O–H groups in total. The first-order chi connectivity index (χ1) is 12.7. The zero-order chi connectivity index (χ0) is 18.1.